The van der Waals surface area contributed by atoms with E-state index in [1.54, 1.807) is 19.2 Å². The minimum absolute atomic E-state index is 0.0272. The van der Waals surface area contributed by atoms with Crippen LogP contribution >= 0.6 is 11.3 Å². The van der Waals surface area contributed by atoms with E-state index >= 15 is 0 Å². The molecule has 0 aliphatic rings. The summed E-state index contributed by atoms with van der Waals surface area (Å²) in [6, 6.07) is 3.38. The first kappa shape index (κ1) is 17.6. The van der Waals surface area contributed by atoms with E-state index in [2.05, 4.69) is 0 Å². The Balaban J connectivity index is 2.94. The van der Waals surface area contributed by atoms with Crippen LogP contribution in [0.2, 0.25) is 0 Å². The smallest absolute Gasteiger partial charge is 0.252 e. The van der Waals surface area contributed by atoms with Crippen LogP contribution in [0.5, 0.6) is 0 Å². The SMILES string of the molecule is COCCN(CC(C)C)S(=O)(=O)c1ccc(CCO)s1. The Bertz CT molecular complexity index is 496. The molecule has 0 saturated carbocycles. The Morgan fingerprint density at radius 1 is 1.40 bits per heavy atom. The van der Waals surface area contributed by atoms with Crippen molar-refractivity contribution in [2.75, 3.05) is 33.4 Å². The number of aliphatic hydroxyl groups excluding tert-OH is 1. The lowest BCUT2D eigenvalue weighted by Crippen LogP contribution is -2.36. The van der Waals surface area contributed by atoms with Crippen molar-refractivity contribution in [3.63, 3.8) is 0 Å². The van der Waals surface area contributed by atoms with Gasteiger partial charge in [-0.1, -0.05) is 13.8 Å². The summed E-state index contributed by atoms with van der Waals surface area (Å²) in [6.07, 6.45) is 0.489. The summed E-state index contributed by atoms with van der Waals surface area (Å²) in [7, 11) is -1.92. The molecular weight excluding hydrogens is 298 g/mol. The zero-order chi connectivity index (χ0) is 15.2. The standard InChI is InChI=1S/C13H23NO4S2/c1-11(2)10-14(7-9-18-3)20(16,17)13-5-4-12(19-13)6-8-15/h4-5,11,15H,6-10H2,1-3H3. The van der Waals surface area contributed by atoms with Crippen LogP contribution in [-0.4, -0.2) is 51.2 Å². The van der Waals surface area contributed by atoms with Gasteiger partial charge in [-0.2, -0.15) is 4.31 Å². The fraction of sp³-hybridized carbons (Fsp3) is 0.692. The van der Waals surface area contributed by atoms with Gasteiger partial charge < -0.3 is 9.84 Å². The van der Waals surface area contributed by atoms with E-state index < -0.39 is 10.0 Å². The molecule has 0 radical (unpaired) electrons. The second-order valence-corrected chi connectivity index (χ2v) is 8.28. The van der Waals surface area contributed by atoms with E-state index in [0.717, 1.165) is 4.88 Å². The molecule has 0 bridgehead atoms. The van der Waals surface area contributed by atoms with Gasteiger partial charge >= 0.3 is 0 Å². The molecule has 0 aliphatic carbocycles. The third-order valence-electron chi connectivity index (χ3n) is 2.70. The number of aliphatic hydroxyl groups is 1. The highest BCUT2D eigenvalue weighted by atomic mass is 32.2. The van der Waals surface area contributed by atoms with Gasteiger partial charge in [0.05, 0.1) is 6.61 Å². The average molecular weight is 321 g/mol. The molecule has 0 amide bonds. The van der Waals surface area contributed by atoms with Crippen molar-refractivity contribution >= 4 is 21.4 Å². The molecule has 0 saturated heterocycles. The van der Waals surface area contributed by atoms with Crippen molar-refractivity contribution < 1.29 is 18.3 Å². The number of rotatable bonds is 9. The van der Waals surface area contributed by atoms with Gasteiger partial charge in [0.2, 0.25) is 0 Å². The minimum atomic E-state index is -3.48. The average Bonchev–Trinajstić information content (AvgIpc) is 2.83. The molecule has 1 heterocycles. The Hall–Kier alpha value is -0.470. The van der Waals surface area contributed by atoms with Gasteiger partial charge in [0.15, 0.2) is 0 Å². The van der Waals surface area contributed by atoms with Crippen LogP contribution in [0.4, 0.5) is 0 Å². The lowest BCUT2D eigenvalue weighted by atomic mass is 10.2. The third kappa shape index (κ3) is 4.82. The Morgan fingerprint density at radius 3 is 2.65 bits per heavy atom. The van der Waals surface area contributed by atoms with Gasteiger partial charge in [0.1, 0.15) is 4.21 Å². The van der Waals surface area contributed by atoms with Gasteiger partial charge in [0.25, 0.3) is 10.0 Å². The number of sulfonamides is 1. The second-order valence-electron chi connectivity index (χ2n) is 4.94. The van der Waals surface area contributed by atoms with Crippen molar-refractivity contribution in [1.29, 1.82) is 0 Å². The van der Waals surface area contributed by atoms with Crippen molar-refractivity contribution in [1.82, 2.24) is 4.31 Å². The highest BCUT2D eigenvalue weighted by molar-refractivity contribution is 7.91. The van der Waals surface area contributed by atoms with Crippen molar-refractivity contribution in [3.8, 4) is 0 Å². The molecule has 0 spiro atoms. The fourth-order valence-corrected chi connectivity index (χ4v) is 4.86. The van der Waals surface area contributed by atoms with Gasteiger partial charge in [-0.3, -0.25) is 0 Å². The molecule has 1 aromatic heterocycles. The van der Waals surface area contributed by atoms with Gasteiger partial charge in [-0.05, 0) is 18.1 Å². The Morgan fingerprint density at radius 2 is 2.10 bits per heavy atom. The highest BCUT2D eigenvalue weighted by Gasteiger charge is 2.26. The van der Waals surface area contributed by atoms with E-state index in [-0.39, 0.29) is 12.5 Å². The van der Waals surface area contributed by atoms with Crippen molar-refractivity contribution in [3.05, 3.63) is 17.0 Å². The van der Waals surface area contributed by atoms with Crippen LogP contribution in [0, 0.1) is 5.92 Å². The summed E-state index contributed by atoms with van der Waals surface area (Å²) in [5.41, 5.74) is 0. The molecule has 0 aromatic carbocycles. The first-order chi connectivity index (χ1) is 9.41. The van der Waals surface area contributed by atoms with E-state index in [1.165, 1.54) is 15.6 Å². The number of nitrogens with zero attached hydrogens (tertiary/aromatic N) is 1. The number of thiophene rings is 1. The minimum Gasteiger partial charge on any atom is -0.396 e. The summed E-state index contributed by atoms with van der Waals surface area (Å²) >= 11 is 1.22. The van der Waals surface area contributed by atoms with Crippen LogP contribution in [0.3, 0.4) is 0 Å². The summed E-state index contributed by atoms with van der Waals surface area (Å²) in [6.45, 7) is 5.20. The quantitative estimate of drug-likeness (QED) is 0.750. The lowest BCUT2D eigenvalue weighted by molar-refractivity contribution is 0.175. The molecule has 1 rings (SSSR count). The van der Waals surface area contributed by atoms with Gasteiger partial charge in [-0.25, -0.2) is 8.42 Å². The number of methoxy groups -OCH3 is 1. The summed E-state index contributed by atoms with van der Waals surface area (Å²) in [5, 5.41) is 8.91. The van der Waals surface area contributed by atoms with Gasteiger partial charge in [0, 0.05) is 38.1 Å². The van der Waals surface area contributed by atoms with E-state index in [9.17, 15) is 8.42 Å². The van der Waals surface area contributed by atoms with E-state index in [0.29, 0.717) is 30.3 Å². The molecule has 116 valence electrons. The van der Waals surface area contributed by atoms with Crippen LogP contribution in [0.1, 0.15) is 18.7 Å². The molecular formula is C13H23NO4S2. The molecule has 0 unspecified atom stereocenters. The predicted octanol–water partition coefficient (Wildman–Crippen LogP) is 1.58. The van der Waals surface area contributed by atoms with Crippen molar-refractivity contribution in [2.24, 2.45) is 5.92 Å². The number of ether oxygens (including phenoxy) is 1. The number of hydrogen-bond acceptors (Lipinski definition) is 5. The number of hydrogen-bond donors (Lipinski definition) is 1. The lowest BCUT2D eigenvalue weighted by Gasteiger charge is -2.22. The Labute approximate surface area is 125 Å². The normalized spacial score (nSPS) is 12.5. The largest absolute Gasteiger partial charge is 0.396 e. The third-order valence-corrected chi connectivity index (χ3v) is 6.18. The molecule has 1 N–H and O–H groups in total. The van der Waals surface area contributed by atoms with Crippen LogP contribution < -0.4 is 0 Å². The zero-order valence-corrected chi connectivity index (χ0v) is 13.8. The van der Waals surface area contributed by atoms with Crippen molar-refractivity contribution in [2.45, 2.75) is 24.5 Å². The molecule has 1 aromatic rings. The molecule has 0 atom stereocenters. The predicted molar refractivity (Wildman–Crippen MR) is 80.6 cm³/mol. The van der Waals surface area contributed by atoms with Gasteiger partial charge in [-0.15, -0.1) is 11.3 Å². The van der Waals surface area contributed by atoms with Crippen LogP contribution in [0.25, 0.3) is 0 Å². The summed E-state index contributed by atoms with van der Waals surface area (Å²) in [4.78, 5) is 0.877. The zero-order valence-electron chi connectivity index (χ0n) is 12.2. The highest BCUT2D eigenvalue weighted by Crippen LogP contribution is 2.25. The molecule has 7 heteroatoms. The monoisotopic (exact) mass is 321 g/mol. The molecule has 0 aliphatic heterocycles. The van der Waals surface area contributed by atoms with Crippen LogP contribution in [0.15, 0.2) is 16.3 Å². The summed E-state index contributed by atoms with van der Waals surface area (Å²) < 4.78 is 32.0. The second kappa shape index (κ2) is 8.09. The first-order valence-corrected chi connectivity index (χ1v) is 8.86. The fourth-order valence-electron chi connectivity index (χ4n) is 1.78. The topological polar surface area (TPSA) is 66.8 Å². The van der Waals surface area contributed by atoms with Crippen LogP contribution in [-0.2, 0) is 21.2 Å². The molecule has 20 heavy (non-hydrogen) atoms. The molecule has 0 fully saturated rings. The maximum Gasteiger partial charge on any atom is 0.252 e. The summed E-state index contributed by atoms with van der Waals surface area (Å²) in [5.74, 6) is 0.249. The maximum absolute atomic E-state index is 12.6. The molecule has 5 nitrogen and oxygen atoms in total. The van der Waals surface area contributed by atoms with E-state index in [1.807, 2.05) is 13.8 Å². The Kier molecular flexibility index (Phi) is 7.11. The first-order valence-electron chi connectivity index (χ1n) is 6.60. The van der Waals surface area contributed by atoms with E-state index in [4.69, 9.17) is 9.84 Å². The maximum atomic E-state index is 12.6.